The van der Waals surface area contributed by atoms with Gasteiger partial charge in [0.05, 0.1) is 11.3 Å². The van der Waals surface area contributed by atoms with E-state index in [-0.39, 0.29) is 29.7 Å². The van der Waals surface area contributed by atoms with Gasteiger partial charge in [-0.05, 0) is 32.1 Å². The van der Waals surface area contributed by atoms with Gasteiger partial charge < -0.3 is 15.1 Å². The molecule has 2 amide bonds. The summed E-state index contributed by atoms with van der Waals surface area (Å²) in [7, 11) is 3.80. The Morgan fingerprint density at radius 2 is 1.86 bits per heavy atom. The number of aromatic nitrogens is 2. The Hall–Kier alpha value is -2.18. The molecule has 0 aromatic carbocycles. The fourth-order valence-corrected chi connectivity index (χ4v) is 4.37. The van der Waals surface area contributed by atoms with Crippen LogP contribution in [0.3, 0.4) is 0 Å². The van der Waals surface area contributed by atoms with Gasteiger partial charge in [-0.3, -0.25) is 9.59 Å². The number of hydrogen-bond acceptors (Lipinski definition) is 5. The van der Waals surface area contributed by atoms with Crippen molar-refractivity contribution in [3.8, 4) is 0 Å². The zero-order valence-corrected chi connectivity index (χ0v) is 17.0. The van der Waals surface area contributed by atoms with Crippen molar-refractivity contribution in [2.45, 2.75) is 63.3 Å². The Morgan fingerprint density at radius 1 is 1.11 bits per heavy atom. The third kappa shape index (κ3) is 4.13. The lowest BCUT2D eigenvalue weighted by molar-refractivity contribution is -0.131. The lowest BCUT2D eigenvalue weighted by atomic mass is 9.94. The molecule has 28 heavy (non-hydrogen) atoms. The summed E-state index contributed by atoms with van der Waals surface area (Å²) >= 11 is 0. The van der Waals surface area contributed by atoms with Crippen molar-refractivity contribution in [1.82, 2.24) is 20.2 Å². The van der Waals surface area contributed by atoms with Gasteiger partial charge in [0, 0.05) is 51.3 Å². The zero-order chi connectivity index (χ0) is 19.7. The maximum atomic E-state index is 13.0. The molecule has 2 aliphatic carbocycles. The van der Waals surface area contributed by atoms with Crippen molar-refractivity contribution in [2.24, 2.45) is 5.92 Å². The molecule has 7 heteroatoms. The van der Waals surface area contributed by atoms with Crippen molar-refractivity contribution in [1.29, 1.82) is 0 Å². The molecule has 1 saturated heterocycles. The van der Waals surface area contributed by atoms with E-state index in [1.165, 1.54) is 19.3 Å². The summed E-state index contributed by atoms with van der Waals surface area (Å²) in [6.45, 7) is 1.41. The number of hydrogen-bond donors (Lipinski definition) is 1. The van der Waals surface area contributed by atoms with Crippen molar-refractivity contribution in [3.63, 3.8) is 0 Å². The summed E-state index contributed by atoms with van der Waals surface area (Å²) in [4.78, 5) is 38.4. The molecule has 0 bridgehead atoms. The summed E-state index contributed by atoms with van der Waals surface area (Å²) in [5.74, 6) is 1.14. The van der Waals surface area contributed by atoms with Gasteiger partial charge in [-0.15, -0.1) is 0 Å². The number of nitrogens with one attached hydrogen (secondary N) is 1. The fraction of sp³-hybridized carbons (Fsp3) is 0.714. The van der Waals surface area contributed by atoms with Gasteiger partial charge in [-0.1, -0.05) is 19.3 Å². The molecular weight excluding hydrogens is 354 g/mol. The fourth-order valence-electron chi connectivity index (χ4n) is 4.37. The molecule has 1 atom stereocenters. The zero-order valence-electron chi connectivity index (χ0n) is 17.0. The van der Waals surface area contributed by atoms with Crippen molar-refractivity contribution in [3.05, 3.63) is 17.5 Å². The normalized spacial score (nSPS) is 22.9. The van der Waals surface area contributed by atoms with Gasteiger partial charge in [0.1, 0.15) is 0 Å². The van der Waals surface area contributed by atoms with E-state index in [2.05, 4.69) is 10.3 Å². The number of amides is 2. The van der Waals surface area contributed by atoms with Crippen LogP contribution in [0.2, 0.25) is 0 Å². The maximum Gasteiger partial charge on any atom is 0.254 e. The smallest absolute Gasteiger partial charge is 0.254 e. The highest BCUT2D eigenvalue weighted by Gasteiger charge is 2.38. The minimum absolute atomic E-state index is 0.0702. The van der Waals surface area contributed by atoms with E-state index >= 15 is 0 Å². The average Bonchev–Trinajstić information content (AvgIpc) is 3.44. The van der Waals surface area contributed by atoms with Crippen LogP contribution < -0.4 is 10.2 Å². The van der Waals surface area contributed by atoms with Gasteiger partial charge in [0.25, 0.3) is 5.91 Å². The highest BCUT2D eigenvalue weighted by atomic mass is 16.2. The van der Waals surface area contributed by atoms with Crippen LogP contribution in [0, 0.1) is 5.92 Å². The van der Waals surface area contributed by atoms with Crippen molar-refractivity contribution >= 4 is 17.8 Å². The molecular formula is C21H31N5O2. The largest absolute Gasteiger partial charge is 0.349 e. The van der Waals surface area contributed by atoms with E-state index in [0.29, 0.717) is 18.1 Å². The van der Waals surface area contributed by atoms with Gasteiger partial charge in [-0.25, -0.2) is 9.97 Å². The molecule has 4 rings (SSSR count). The van der Waals surface area contributed by atoms with E-state index in [0.717, 1.165) is 44.3 Å². The van der Waals surface area contributed by atoms with Gasteiger partial charge in [-0.2, -0.15) is 0 Å². The number of rotatable bonds is 5. The number of likely N-dealkylation sites (tertiary alicyclic amines) is 1. The lowest BCUT2D eigenvalue weighted by Crippen LogP contribution is -2.37. The minimum atomic E-state index is -0.0702. The second-order valence-corrected chi connectivity index (χ2v) is 8.72. The SMILES string of the molecule is CN(C)c1ncc(C(=O)NC2CCCCC2)c(C2CCN(C(=O)C3CC3)C2)n1. The van der Waals surface area contributed by atoms with Crippen LogP contribution in [0.25, 0.3) is 0 Å². The summed E-state index contributed by atoms with van der Waals surface area (Å²) in [6, 6.07) is 0.249. The van der Waals surface area contributed by atoms with Crippen LogP contribution in [0.4, 0.5) is 5.95 Å². The van der Waals surface area contributed by atoms with Crippen LogP contribution in [0.5, 0.6) is 0 Å². The quantitative estimate of drug-likeness (QED) is 0.842. The third-order valence-electron chi connectivity index (χ3n) is 6.20. The lowest BCUT2D eigenvalue weighted by Gasteiger charge is -2.24. The average molecular weight is 386 g/mol. The molecule has 7 nitrogen and oxygen atoms in total. The molecule has 1 N–H and O–H groups in total. The Bertz CT molecular complexity index is 740. The van der Waals surface area contributed by atoms with E-state index in [1.807, 2.05) is 23.9 Å². The standard InChI is InChI=1S/C21H31N5O2/c1-25(2)21-22-12-17(19(27)23-16-6-4-3-5-7-16)18(24-21)15-10-11-26(13-15)20(28)14-8-9-14/h12,14-16H,3-11,13H2,1-2H3,(H,23,27). The van der Waals surface area contributed by atoms with Gasteiger partial charge in [0.15, 0.2) is 0 Å². The Kier molecular flexibility index (Phi) is 5.51. The van der Waals surface area contributed by atoms with Gasteiger partial charge >= 0.3 is 0 Å². The molecule has 2 heterocycles. The molecule has 3 aliphatic rings. The van der Waals surface area contributed by atoms with Crippen LogP contribution in [0.15, 0.2) is 6.20 Å². The molecule has 3 fully saturated rings. The van der Waals surface area contributed by atoms with Crippen LogP contribution in [0.1, 0.15) is 73.3 Å². The Morgan fingerprint density at radius 3 is 2.54 bits per heavy atom. The Labute approximate surface area is 166 Å². The predicted molar refractivity (Wildman–Crippen MR) is 107 cm³/mol. The predicted octanol–water partition coefficient (Wildman–Crippen LogP) is 2.33. The van der Waals surface area contributed by atoms with E-state index < -0.39 is 0 Å². The number of anilines is 1. The molecule has 152 valence electrons. The number of nitrogens with zero attached hydrogens (tertiary/aromatic N) is 4. The Balaban J connectivity index is 1.54. The van der Waals surface area contributed by atoms with Crippen molar-refractivity contribution < 1.29 is 9.59 Å². The third-order valence-corrected chi connectivity index (χ3v) is 6.20. The molecule has 1 unspecified atom stereocenters. The molecule has 2 saturated carbocycles. The molecule has 0 spiro atoms. The summed E-state index contributed by atoms with van der Waals surface area (Å²) in [6.07, 6.45) is 10.3. The van der Waals surface area contributed by atoms with E-state index in [1.54, 1.807) is 6.20 Å². The molecule has 1 aliphatic heterocycles. The maximum absolute atomic E-state index is 13.0. The number of carbonyl (C=O) groups excluding carboxylic acids is 2. The van der Waals surface area contributed by atoms with Crippen molar-refractivity contribution in [2.75, 3.05) is 32.1 Å². The molecule has 1 aromatic rings. The summed E-state index contributed by atoms with van der Waals surface area (Å²) < 4.78 is 0. The first kappa shape index (κ1) is 19.2. The number of carbonyl (C=O) groups is 2. The minimum Gasteiger partial charge on any atom is -0.349 e. The molecule has 1 aromatic heterocycles. The second-order valence-electron chi connectivity index (χ2n) is 8.72. The van der Waals surface area contributed by atoms with Gasteiger partial charge in [0.2, 0.25) is 11.9 Å². The first-order valence-corrected chi connectivity index (χ1v) is 10.7. The second kappa shape index (κ2) is 8.05. The highest BCUT2D eigenvalue weighted by molar-refractivity contribution is 5.95. The first-order chi connectivity index (χ1) is 13.5. The van der Waals surface area contributed by atoms with E-state index in [4.69, 9.17) is 4.98 Å². The summed E-state index contributed by atoms with van der Waals surface area (Å²) in [5.41, 5.74) is 1.36. The van der Waals surface area contributed by atoms with Crippen LogP contribution in [-0.4, -0.2) is 59.9 Å². The van der Waals surface area contributed by atoms with E-state index in [9.17, 15) is 9.59 Å². The highest BCUT2D eigenvalue weighted by Crippen LogP contribution is 2.35. The van der Waals surface area contributed by atoms with Crippen LogP contribution in [-0.2, 0) is 4.79 Å². The summed E-state index contributed by atoms with van der Waals surface area (Å²) in [5, 5.41) is 3.20. The first-order valence-electron chi connectivity index (χ1n) is 10.7. The monoisotopic (exact) mass is 385 g/mol. The topological polar surface area (TPSA) is 78.4 Å². The van der Waals surface area contributed by atoms with Crippen LogP contribution >= 0.6 is 0 Å². The molecule has 0 radical (unpaired) electrons.